The highest BCUT2D eigenvalue weighted by Crippen LogP contribution is 2.15. The van der Waals surface area contributed by atoms with Gasteiger partial charge in [0, 0.05) is 12.3 Å². The first kappa shape index (κ1) is 9.11. The number of nitrogens with two attached hydrogens (primary N) is 1. The van der Waals surface area contributed by atoms with Crippen LogP contribution in [0.15, 0.2) is 5.38 Å². The molecule has 0 bridgehead atoms. The topological polar surface area (TPSA) is 77.2 Å². The zero-order valence-corrected chi connectivity index (χ0v) is 7.35. The van der Waals surface area contributed by atoms with Gasteiger partial charge >= 0.3 is 0 Å². The summed E-state index contributed by atoms with van der Waals surface area (Å²) in [4.78, 5) is 19.0. The van der Waals surface area contributed by atoms with Crippen molar-refractivity contribution in [2.45, 2.75) is 13.5 Å². The van der Waals surface area contributed by atoms with Crippen LogP contribution in [0.2, 0.25) is 0 Å². The van der Waals surface area contributed by atoms with Gasteiger partial charge in [-0.1, -0.05) is 0 Å². The van der Waals surface area contributed by atoms with Gasteiger partial charge in [0.1, 0.15) is 6.61 Å². The third-order valence-electron chi connectivity index (χ3n) is 1.07. The Hall–Kier alpha value is -0.980. The molecule has 0 aliphatic heterocycles. The lowest BCUT2D eigenvalue weighted by atomic mass is 10.5. The maximum Gasteiger partial charge on any atom is 0.223 e. The molecule has 12 heavy (non-hydrogen) atoms. The second-order valence-corrected chi connectivity index (χ2v) is 2.99. The third-order valence-corrected chi connectivity index (χ3v) is 1.87. The van der Waals surface area contributed by atoms with Crippen LogP contribution in [0.25, 0.3) is 0 Å². The molecular formula is C6H9N3O2S. The average Bonchev–Trinajstić information content (AvgIpc) is 2.36. The van der Waals surface area contributed by atoms with Crippen molar-refractivity contribution in [1.29, 1.82) is 0 Å². The van der Waals surface area contributed by atoms with E-state index in [1.54, 1.807) is 5.38 Å². The molecule has 0 unspecified atom stereocenters. The molecule has 0 radical (unpaired) electrons. The van der Waals surface area contributed by atoms with Crippen LogP contribution in [-0.2, 0) is 16.2 Å². The van der Waals surface area contributed by atoms with Crippen molar-refractivity contribution < 1.29 is 9.63 Å². The van der Waals surface area contributed by atoms with Crippen molar-refractivity contribution in [3.63, 3.8) is 0 Å². The summed E-state index contributed by atoms with van der Waals surface area (Å²) in [7, 11) is 0. The highest BCUT2D eigenvalue weighted by Gasteiger charge is 2.01. The molecule has 6 heteroatoms. The summed E-state index contributed by atoms with van der Waals surface area (Å²) in [6, 6.07) is 0. The number of carbonyl (C=O) groups excluding carboxylic acids is 1. The van der Waals surface area contributed by atoms with E-state index in [1.165, 1.54) is 18.3 Å². The number of nitrogens with one attached hydrogen (secondary N) is 1. The lowest BCUT2D eigenvalue weighted by Gasteiger charge is -1.93. The molecule has 1 heterocycles. The van der Waals surface area contributed by atoms with Gasteiger partial charge in [0.15, 0.2) is 5.13 Å². The third kappa shape index (κ3) is 2.57. The van der Waals surface area contributed by atoms with Gasteiger partial charge in [0.25, 0.3) is 0 Å². The van der Waals surface area contributed by atoms with Crippen LogP contribution in [-0.4, -0.2) is 10.9 Å². The van der Waals surface area contributed by atoms with Crippen molar-refractivity contribution in [2.75, 3.05) is 5.32 Å². The monoisotopic (exact) mass is 187 g/mol. The molecule has 1 aromatic heterocycles. The van der Waals surface area contributed by atoms with Crippen LogP contribution in [0.4, 0.5) is 5.13 Å². The molecule has 0 atom stereocenters. The zero-order chi connectivity index (χ0) is 8.97. The van der Waals surface area contributed by atoms with Gasteiger partial charge in [0.05, 0.1) is 5.69 Å². The standard InChI is InChI=1S/C6H9N3O2S/c1-4(10)8-6-9-5(2-11-7)3-12-6/h3H,2,7H2,1H3,(H,8,9,10). The number of aromatic nitrogens is 1. The fraction of sp³-hybridized carbons (Fsp3) is 0.333. The van der Waals surface area contributed by atoms with Crippen LogP contribution in [0.5, 0.6) is 0 Å². The predicted octanol–water partition coefficient (Wildman–Crippen LogP) is 0.492. The Bertz CT molecular complexity index is 274. The maximum absolute atomic E-state index is 10.6. The summed E-state index contributed by atoms with van der Waals surface area (Å²) in [6.45, 7) is 1.69. The molecule has 0 saturated carbocycles. The van der Waals surface area contributed by atoms with Gasteiger partial charge < -0.3 is 5.32 Å². The fourth-order valence-corrected chi connectivity index (χ4v) is 1.41. The molecule has 0 aromatic carbocycles. The van der Waals surface area contributed by atoms with E-state index in [4.69, 9.17) is 5.90 Å². The Morgan fingerprint density at radius 2 is 2.67 bits per heavy atom. The van der Waals surface area contributed by atoms with Gasteiger partial charge in [-0.25, -0.2) is 10.9 Å². The molecule has 1 rings (SSSR count). The van der Waals surface area contributed by atoms with E-state index in [2.05, 4.69) is 15.1 Å². The molecule has 0 fully saturated rings. The van der Waals surface area contributed by atoms with Crippen LogP contribution >= 0.6 is 11.3 Å². The van der Waals surface area contributed by atoms with Crippen LogP contribution < -0.4 is 11.2 Å². The normalized spacial score (nSPS) is 9.83. The number of thiazole rings is 1. The number of carbonyl (C=O) groups is 1. The van der Waals surface area contributed by atoms with E-state index in [1.807, 2.05) is 0 Å². The number of anilines is 1. The second-order valence-electron chi connectivity index (χ2n) is 2.14. The van der Waals surface area contributed by atoms with Gasteiger partial charge in [-0.05, 0) is 0 Å². The molecule has 5 nitrogen and oxygen atoms in total. The Labute approximate surface area is 73.5 Å². The van der Waals surface area contributed by atoms with Crippen LogP contribution in [0, 0.1) is 0 Å². The van der Waals surface area contributed by atoms with Gasteiger partial charge in [-0.2, -0.15) is 0 Å². The summed E-state index contributed by atoms with van der Waals surface area (Å²) in [5.74, 6) is 4.71. The molecule has 0 spiro atoms. The summed E-state index contributed by atoms with van der Waals surface area (Å²) < 4.78 is 0. The maximum atomic E-state index is 10.6. The molecule has 0 aliphatic rings. The lowest BCUT2D eigenvalue weighted by molar-refractivity contribution is -0.114. The Morgan fingerprint density at radius 3 is 3.25 bits per heavy atom. The highest BCUT2D eigenvalue weighted by atomic mass is 32.1. The molecular weight excluding hydrogens is 178 g/mol. The summed E-state index contributed by atoms with van der Waals surface area (Å²) in [5, 5.41) is 4.90. The summed E-state index contributed by atoms with van der Waals surface area (Å²) in [6.07, 6.45) is 0. The number of rotatable bonds is 3. The van der Waals surface area contributed by atoms with E-state index < -0.39 is 0 Å². The van der Waals surface area contributed by atoms with Crippen molar-refractivity contribution in [3.05, 3.63) is 11.1 Å². The predicted molar refractivity (Wildman–Crippen MR) is 45.4 cm³/mol. The molecule has 0 saturated heterocycles. The Balaban J connectivity index is 2.58. The molecule has 3 N–H and O–H groups in total. The number of hydrogen-bond donors (Lipinski definition) is 2. The van der Waals surface area contributed by atoms with Crippen molar-refractivity contribution in [1.82, 2.24) is 4.98 Å². The first-order chi connectivity index (χ1) is 5.72. The second kappa shape index (κ2) is 4.15. The fourth-order valence-electron chi connectivity index (χ4n) is 0.667. The molecule has 1 amide bonds. The minimum absolute atomic E-state index is 0.135. The molecule has 0 aliphatic carbocycles. The minimum Gasteiger partial charge on any atom is -0.302 e. The Kier molecular flexibility index (Phi) is 3.15. The SMILES string of the molecule is CC(=O)Nc1nc(CON)cs1. The van der Waals surface area contributed by atoms with Gasteiger partial charge in [0.2, 0.25) is 5.91 Å². The first-order valence-electron chi connectivity index (χ1n) is 3.26. The largest absolute Gasteiger partial charge is 0.302 e. The van der Waals surface area contributed by atoms with Crippen LogP contribution in [0.1, 0.15) is 12.6 Å². The lowest BCUT2D eigenvalue weighted by Crippen LogP contribution is -2.05. The smallest absolute Gasteiger partial charge is 0.223 e. The Morgan fingerprint density at radius 1 is 1.92 bits per heavy atom. The molecule has 66 valence electrons. The minimum atomic E-state index is -0.135. The number of hydrogen-bond acceptors (Lipinski definition) is 5. The van der Waals surface area contributed by atoms with Crippen molar-refractivity contribution >= 4 is 22.4 Å². The van der Waals surface area contributed by atoms with Gasteiger partial charge in [-0.15, -0.1) is 11.3 Å². The van der Waals surface area contributed by atoms with E-state index >= 15 is 0 Å². The first-order valence-corrected chi connectivity index (χ1v) is 4.14. The zero-order valence-electron chi connectivity index (χ0n) is 6.53. The summed E-state index contributed by atoms with van der Waals surface area (Å²) >= 11 is 1.34. The average molecular weight is 187 g/mol. The van der Waals surface area contributed by atoms with E-state index in [0.717, 1.165) is 0 Å². The van der Waals surface area contributed by atoms with Crippen LogP contribution in [0.3, 0.4) is 0 Å². The number of amides is 1. The highest BCUT2D eigenvalue weighted by molar-refractivity contribution is 7.13. The van der Waals surface area contributed by atoms with Crippen molar-refractivity contribution in [3.8, 4) is 0 Å². The molecule has 1 aromatic rings. The van der Waals surface area contributed by atoms with E-state index in [9.17, 15) is 4.79 Å². The quantitative estimate of drug-likeness (QED) is 0.675. The van der Waals surface area contributed by atoms with E-state index in [0.29, 0.717) is 10.8 Å². The number of nitrogens with zero attached hydrogens (tertiary/aromatic N) is 1. The van der Waals surface area contributed by atoms with Gasteiger partial charge in [-0.3, -0.25) is 9.63 Å². The van der Waals surface area contributed by atoms with Crippen molar-refractivity contribution in [2.24, 2.45) is 5.90 Å². The summed E-state index contributed by atoms with van der Waals surface area (Å²) in [5.41, 5.74) is 0.714. The van der Waals surface area contributed by atoms with E-state index in [-0.39, 0.29) is 12.5 Å².